The van der Waals surface area contributed by atoms with Crippen molar-refractivity contribution in [1.29, 1.82) is 0 Å². The summed E-state index contributed by atoms with van der Waals surface area (Å²) < 4.78 is 18.5. The smallest absolute Gasteiger partial charge is 0.221 e. The van der Waals surface area contributed by atoms with E-state index in [0.29, 0.717) is 37.0 Å². The number of benzene rings is 2. The van der Waals surface area contributed by atoms with Crippen molar-refractivity contribution in [1.82, 2.24) is 10.6 Å². The maximum Gasteiger partial charge on any atom is 0.221 e. The zero-order valence-electron chi connectivity index (χ0n) is 16.2. The van der Waals surface area contributed by atoms with Gasteiger partial charge in [-0.3, -0.25) is 4.79 Å². The van der Waals surface area contributed by atoms with Gasteiger partial charge in [0.05, 0.1) is 19.3 Å². The van der Waals surface area contributed by atoms with Gasteiger partial charge in [-0.2, -0.15) is 0 Å². The summed E-state index contributed by atoms with van der Waals surface area (Å²) in [6.07, 6.45) is 0. The fourth-order valence-electron chi connectivity index (χ4n) is 2.49. The van der Waals surface area contributed by atoms with Crippen LogP contribution in [0.15, 0.2) is 47.5 Å². The highest BCUT2D eigenvalue weighted by molar-refractivity contribution is 14.0. The Kier molecular flexibility index (Phi) is 10.3. The number of halogens is 2. The van der Waals surface area contributed by atoms with Crippen molar-refractivity contribution in [3.05, 3.63) is 59.4 Å². The molecule has 0 unspecified atom stereocenters. The minimum Gasteiger partial charge on any atom is -0.495 e. The molecule has 0 aliphatic rings. The van der Waals surface area contributed by atoms with Crippen LogP contribution in [0, 0.1) is 5.82 Å². The molecule has 2 rings (SSSR count). The minimum absolute atomic E-state index is 0. The summed E-state index contributed by atoms with van der Waals surface area (Å²) in [6.45, 7) is 5.00. The lowest BCUT2D eigenvalue weighted by molar-refractivity contribution is -0.114. The van der Waals surface area contributed by atoms with E-state index in [2.05, 4.69) is 20.9 Å². The average Bonchev–Trinajstić information content (AvgIpc) is 2.64. The number of hydrogen-bond donors (Lipinski definition) is 3. The quantitative estimate of drug-likeness (QED) is 0.308. The predicted molar refractivity (Wildman–Crippen MR) is 121 cm³/mol. The SMILES string of the molecule is CCNC(=NCc1cccc(F)c1)NCc1ccc(OC)c(NC(C)=O)c1.I. The number of aliphatic imine (C=N–C) groups is 1. The summed E-state index contributed by atoms with van der Waals surface area (Å²) in [4.78, 5) is 15.8. The third-order valence-corrected chi connectivity index (χ3v) is 3.69. The molecule has 0 atom stereocenters. The van der Waals surface area contributed by atoms with Gasteiger partial charge in [-0.1, -0.05) is 18.2 Å². The molecule has 1 amide bonds. The first-order valence-corrected chi connectivity index (χ1v) is 8.73. The Hall–Kier alpha value is -2.36. The summed E-state index contributed by atoms with van der Waals surface area (Å²) >= 11 is 0. The second-order valence-electron chi connectivity index (χ2n) is 5.89. The third kappa shape index (κ3) is 7.71. The number of methoxy groups -OCH3 is 1. The lowest BCUT2D eigenvalue weighted by Crippen LogP contribution is -2.36. The van der Waals surface area contributed by atoms with Gasteiger partial charge < -0.3 is 20.7 Å². The van der Waals surface area contributed by atoms with Crippen LogP contribution in [0.25, 0.3) is 0 Å². The van der Waals surface area contributed by atoms with Gasteiger partial charge in [0, 0.05) is 20.0 Å². The van der Waals surface area contributed by atoms with E-state index < -0.39 is 0 Å². The van der Waals surface area contributed by atoms with E-state index in [1.165, 1.54) is 19.1 Å². The number of carbonyl (C=O) groups excluding carboxylic acids is 1. The summed E-state index contributed by atoms with van der Waals surface area (Å²) in [5.41, 5.74) is 2.37. The fourth-order valence-corrected chi connectivity index (χ4v) is 2.49. The molecule has 0 saturated heterocycles. The lowest BCUT2D eigenvalue weighted by atomic mass is 10.2. The van der Waals surface area contributed by atoms with Gasteiger partial charge in [-0.05, 0) is 42.3 Å². The van der Waals surface area contributed by atoms with Crippen LogP contribution in [0.2, 0.25) is 0 Å². The molecule has 3 N–H and O–H groups in total. The number of ether oxygens (including phenoxy) is 1. The molecule has 2 aromatic carbocycles. The van der Waals surface area contributed by atoms with Gasteiger partial charge in [0.15, 0.2) is 5.96 Å². The van der Waals surface area contributed by atoms with Gasteiger partial charge in [0.25, 0.3) is 0 Å². The molecule has 152 valence electrons. The number of carbonyl (C=O) groups is 1. The Labute approximate surface area is 182 Å². The molecule has 2 aromatic rings. The Morgan fingerprint density at radius 2 is 1.93 bits per heavy atom. The summed E-state index contributed by atoms with van der Waals surface area (Å²) in [5.74, 6) is 0.784. The largest absolute Gasteiger partial charge is 0.495 e. The van der Waals surface area contributed by atoms with Crippen LogP contribution in [0.5, 0.6) is 5.75 Å². The van der Waals surface area contributed by atoms with Crippen LogP contribution in [0.4, 0.5) is 10.1 Å². The molecule has 0 aliphatic heterocycles. The Bertz CT molecular complexity index is 815. The number of rotatable bonds is 7. The van der Waals surface area contributed by atoms with E-state index in [0.717, 1.165) is 11.1 Å². The first-order valence-electron chi connectivity index (χ1n) is 8.73. The molecule has 0 radical (unpaired) electrons. The maximum atomic E-state index is 13.3. The van der Waals surface area contributed by atoms with E-state index in [1.54, 1.807) is 19.2 Å². The number of nitrogens with one attached hydrogen (secondary N) is 3. The molecule has 0 spiro atoms. The molecule has 0 fully saturated rings. The minimum atomic E-state index is -0.274. The van der Waals surface area contributed by atoms with E-state index in [4.69, 9.17) is 4.74 Å². The molecule has 0 heterocycles. The van der Waals surface area contributed by atoms with Crippen LogP contribution in [0.3, 0.4) is 0 Å². The van der Waals surface area contributed by atoms with Gasteiger partial charge >= 0.3 is 0 Å². The van der Waals surface area contributed by atoms with Crippen molar-refractivity contribution in [3.63, 3.8) is 0 Å². The first kappa shape index (κ1) is 23.7. The summed E-state index contributed by atoms with van der Waals surface area (Å²) in [7, 11) is 1.56. The predicted octanol–water partition coefficient (Wildman–Crippen LogP) is 3.67. The molecule has 0 saturated carbocycles. The normalized spacial score (nSPS) is 10.6. The fraction of sp³-hybridized carbons (Fsp3) is 0.300. The van der Waals surface area contributed by atoms with Crippen molar-refractivity contribution in [2.45, 2.75) is 26.9 Å². The number of hydrogen-bond acceptors (Lipinski definition) is 3. The van der Waals surface area contributed by atoms with Crippen molar-refractivity contribution in [3.8, 4) is 5.75 Å². The van der Waals surface area contributed by atoms with Crippen molar-refractivity contribution < 1.29 is 13.9 Å². The number of amides is 1. The van der Waals surface area contributed by atoms with Gasteiger partial charge in [0.1, 0.15) is 11.6 Å². The van der Waals surface area contributed by atoms with Crippen LogP contribution < -0.4 is 20.7 Å². The van der Waals surface area contributed by atoms with Gasteiger partial charge in [0.2, 0.25) is 5.91 Å². The second kappa shape index (κ2) is 12.2. The lowest BCUT2D eigenvalue weighted by Gasteiger charge is -2.14. The topological polar surface area (TPSA) is 74.8 Å². The Morgan fingerprint density at radius 3 is 2.57 bits per heavy atom. The zero-order chi connectivity index (χ0) is 19.6. The Morgan fingerprint density at radius 1 is 1.14 bits per heavy atom. The molecule has 0 aliphatic carbocycles. The average molecular weight is 500 g/mol. The summed E-state index contributed by atoms with van der Waals surface area (Å²) in [5, 5.41) is 9.15. The maximum absolute atomic E-state index is 13.3. The first-order chi connectivity index (χ1) is 13.0. The zero-order valence-corrected chi connectivity index (χ0v) is 18.5. The summed E-state index contributed by atoms with van der Waals surface area (Å²) in [6, 6.07) is 11.9. The highest BCUT2D eigenvalue weighted by Gasteiger charge is 2.07. The van der Waals surface area contributed by atoms with Crippen LogP contribution in [0.1, 0.15) is 25.0 Å². The van der Waals surface area contributed by atoms with Crippen LogP contribution >= 0.6 is 24.0 Å². The number of nitrogens with zero attached hydrogens (tertiary/aromatic N) is 1. The van der Waals surface area contributed by atoms with Crippen LogP contribution in [-0.4, -0.2) is 25.5 Å². The van der Waals surface area contributed by atoms with Gasteiger partial charge in [-0.15, -0.1) is 24.0 Å². The molecular formula is C20H26FIN4O2. The second-order valence-corrected chi connectivity index (χ2v) is 5.89. The Balaban J connectivity index is 0.00000392. The van der Waals surface area contributed by atoms with Crippen molar-refractivity contribution >= 4 is 41.5 Å². The number of anilines is 1. The van der Waals surface area contributed by atoms with Gasteiger partial charge in [-0.25, -0.2) is 9.38 Å². The number of guanidine groups is 1. The molecule has 0 aromatic heterocycles. The highest BCUT2D eigenvalue weighted by Crippen LogP contribution is 2.25. The van der Waals surface area contributed by atoms with E-state index in [-0.39, 0.29) is 35.7 Å². The van der Waals surface area contributed by atoms with E-state index in [1.807, 2.05) is 25.1 Å². The van der Waals surface area contributed by atoms with E-state index in [9.17, 15) is 9.18 Å². The highest BCUT2D eigenvalue weighted by atomic mass is 127. The molecular weight excluding hydrogens is 474 g/mol. The molecule has 6 nitrogen and oxygen atoms in total. The third-order valence-electron chi connectivity index (χ3n) is 3.69. The monoisotopic (exact) mass is 500 g/mol. The van der Waals surface area contributed by atoms with Crippen LogP contribution in [-0.2, 0) is 17.9 Å². The standard InChI is InChI=1S/C20H25FN4O2.HI/c1-4-22-20(23-12-15-6-5-7-17(21)10-15)24-13-16-8-9-19(27-3)18(11-16)25-14(2)26;/h5-11H,4,12-13H2,1-3H3,(H,25,26)(H2,22,23,24);1H. The van der Waals surface area contributed by atoms with Crippen molar-refractivity contribution in [2.75, 3.05) is 19.0 Å². The molecule has 28 heavy (non-hydrogen) atoms. The molecule has 0 bridgehead atoms. The molecule has 8 heteroatoms. The van der Waals surface area contributed by atoms with E-state index >= 15 is 0 Å². The van der Waals surface area contributed by atoms with Crippen molar-refractivity contribution in [2.24, 2.45) is 4.99 Å².